The van der Waals surface area contributed by atoms with E-state index in [4.69, 9.17) is 50.0 Å². The highest BCUT2D eigenvalue weighted by molar-refractivity contribution is 6.31. The predicted molar refractivity (Wildman–Crippen MR) is 158 cm³/mol. The van der Waals surface area contributed by atoms with Gasteiger partial charge in [0.2, 0.25) is 5.91 Å². The molecule has 2 aliphatic rings. The Kier molecular flexibility index (Phi) is 8.29. The predicted octanol–water partition coefficient (Wildman–Crippen LogP) is 5.71. The van der Waals surface area contributed by atoms with E-state index in [0.29, 0.717) is 31.8 Å². The summed E-state index contributed by atoms with van der Waals surface area (Å²) < 4.78 is 11.9. The highest BCUT2D eigenvalue weighted by Crippen LogP contribution is 2.60. The van der Waals surface area contributed by atoms with Crippen LogP contribution in [0.25, 0.3) is 0 Å². The Morgan fingerprint density at radius 2 is 1.60 bits per heavy atom. The lowest BCUT2D eigenvalue weighted by atomic mass is 9.64. The minimum atomic E-state index is -1.61. The number of amides is 1. The van der Waals surface area contributed by atoms with E-state index in [9.17, 15) is 20.0 Å². The van der Waals surface area contributed by atoms with Gasteiger partial charge in [-0.2, -0.15) is 5.26 Å². The largest absolute Gasteiger partial charge is 0.480 e. The number of ether oxygens (including phenoxy) is 2. The van der Waals surface area contributed by atoms with Crippen molar-refractivity contribution in [3.8, 4) is 6.07 Å². The van der Waals surface area contributed by atoms with E-state index >= 15 is 0 Å². The number of nitriles is 1. The molecular weight excluding hydrogens is 601 g/mol. The molecule has 1 unspecified atom stereocenters. The fourth-order valence-corrected chi connectivity index (χ4v) is 7.02. The zero-order valence-electron chi connectivity index (χ0n) is 22.7. The summed E-state index contributed by atoms with van der Waals surface area (Å²) in [7, 11) is 0. The van der Waals surface area contributed by atoms with Crippen LogP contribution in [0.2, 0.25) is 15.1 Å². The molecule has 0 radical (unpaired) electrons. The number of primary amides is 1. The first kappa shape index (κ1) is 30.3. The van der Waals surface area contributed by atoms with E-state index in [1.807, 2.05) is 0 Å². The Labute approximate surface area is 258 Å². The number of carbonyl (C=O) groups excluding carboxylic acids is 1. The second-order valence-electron chi connectivity index (χ2n) is 10.9. The number of hydrogen-bond acceptors (Lipinski definition) is 6. The van der Waals surface area contributed by atoms with Gasteiger partial charge in [-0.3, -0.25) is 14.5 Å². The molecule has 0 spiro atoms. The molecular formula is C31H28Cl3N3O5. The van der Waals surface area contributed by atoms with Gasteiger partial charge in [-0.25, -0.2) is 0 Å². The molecule has 3 N–H and O–H groups in total. The molecule has 2 heterocycles. The minimum Gasteiger partial charge on any atom is -0.480 e. The third-order valence-corrected chi connectivity index (χ3v) is 8.71. The fourth-order valence-electron chi connectivity index (χ4n) is 6.50. The average Bonchev–Trinajstić information content (AvgIpc) is 3.44. The van der Waals surface area contributed by atoms with Crippen molar-refractivity contribution in [2.75, 3.05) is 6.61 Å². The molecule has 1 amide bonds. The summed E-state index contributed by atoms with van der Waals surface area (Å²) in [4.78, 5) is 28.3. The number of nitrogens with two attached hydrogens (primary N) is 1. The molecule has 11 heteroatoms. The highest BCUT2D eigenvalue weighted by atomic mass is 35.5. The normalized spacial score (nSPS) is 27.8. The van der Waals surface area contributed by atoms with Crippen LogP contribution in [0.4, 0.5) is 0 Å². The summed E-state index contributed by atoms with van der Waals surface area (Å²) in [6.07, 6.45) is -0.930. The number of nitrogens with zero attached hydrogens (tertiary/aromatic N) is 2. The van der Waals surface area contributed by atoms with Gasteiger partial charge < -0.3 is 20.3 Å². The lowest BCUT2D eigenvalue weighted by molar-refractivity contribution is -0.158. The molecule has 2 saturated heterocycles. The second kappa shape index (κ2) is 11.5. The van der Waals surface area contributed by atoms with Crippen LogP contribution >= 0.6 is 34.8 Å². The molecule has 0 saturated carbocycles. The van der Waals surface area contributed by atoms with Crippen LogP contribution in [-0.4, -0.2) is 52.5 Å². The Bertz CT molecular complexity index is 1560. The Morgan fingerprint density at radius 3 is 2.10 bits per heavy atom. The standard InChI is InChI=1S/C31H28Cl3N3O5/c1-30(2)41-15-23(42-30)25(28(36)38)37-26(29(39)40)24(17-5-3-7-21(33)13-17)31(16-35,19-9-11-20(32)12-10-19)27(37)18-6-4-8-22(34)14-18/h3-14,23-27H,15H2,1-2H3,(H2,36,38)(H,39,40)/t23-,24+,25?,26-,27+,31-/m1/s1. The number of aliphatic carboxylic acids is 1. The summed E-state index contributed by atoms with van der Waals surface area (Å²) in [5.41, 5.74) is 5.95. The molecule has 5 rings (SSSR count). The van der Waals surface area contributed by atoms with E-state index in [1.54, 1.807) is 86.6 Å². The molecule has 3 aromatic carbocycles. The zero-order valence-corrected chi connectivity index (χ0v) is 25.0. The van der Waals surface area contributed by atoms with Crippen molar-refractivity contribution in [1.82, 2.24) is 4.90 Å². The van der Waals surface area contributed by atoms with Crippen molar-refractivity contribution in [2.24, 2.45) is 5.73 Å². The van der Waals surface area contributed by atoms with E-state index in [1.165, 1.54) is 4.90 Å². The number of hydrogen-bond donors (Lipinski definition) is 2. The fraction of sp³-hybridized carbons (Fsp3) is 0.323. The first-order valence-electron chi connectivity index (χ1n) is 13.2. The SMILES string of the molecule is CC1(C)OC[C@H](C(C(N)=O)N2[C@@H](c3cccc(Cl)c3)[C@](C#N)(c3ccc(Cl)cc3)[C@@H](c3cccc(Cl)c3)[C@@H]2C(=O)O)O1. The maximum absolute atomic E-state index is 13.4. The van der Waals surface area contributed by atoms with Gasteiger partial charge in [-0.1, -0.05) is 71.2 Å². The van der Waals surface area contributed by atoms with Crippen molar-refractivity contribution in [3.05, 3.63) is 105 Å². The van der Waals surface area contributed by atoms with Gasteiger partial charge in [0.15, 0.2) is 5.79 Å². The van der Waals surface area contributed by atoms with E-state index in [-0.39, 0.29) is 6.61 Å². The second-order valence-corrected chi connectivity index (χ2v) is 12.2. The molecule has 8 nitrogen and oxygen atoms in total. The summed E-state index contributed by atoms with van der Waals surface area (Å²) in [6.45, 7) is 3.37. The number of carboxylic acids is 1. The van der Waals surface area contributed by atoms with E-state index < -0.39 is 53.2 Å². The molecule has 2 fully saturated rings. The smallest absolute Gasteiger partial charge is 0.321 e. The van der Waals surface area contributed by atoms with Gasteiger partial charge in [0, 0.05) is 21.0 Å². The van der Waals surface area contributed by atoms with Crippen LogP contribution in [0, 0.1) is 11.3 Å². The Hall–Kier alpha value is -3.16. The van der Waals surface area contributed by atoms with Gasteiger partial charge in [0.05, 0.1) is 18.7 Å². The van der Waals surface area contributed by atoms with Gasteiger partial charge in [0.1, 0.15) is 23.6 Å². The van der Waals surface area contributed by atoms with Crippen molar-refractivity contribution >= 4 is 46.7 Å². The third-order valence-electron chi connectivity index (χ3n) is 7.98. The van der Waals surface area contributed by atoms with Crippen molar-refractivity contribution in [2.45, 2.75) is 55.2 Å². The van der Waals surface area contributed by atoms with Crippen LogP contribution in [0.1, 0.15) is 42.5 Å². The molecule has 218 valence electrons. The molecule has 0 aromatic heterocycles. The molecule has 2 aliphatic heterocycles. The number of likely N-dealkylation sites (tertiary alicyclic amines) is 1. The monoisotopic (exact) mass is 627 g/mol. The van der Waals surface area contributed by atoms with Crippen molar-refractivity contribution in [3.63, 3.8) is 0 Å². The van der Waals surface area contributed by atoms with Crippen LogP contribution in [0.15, 0.2) is 72.8 Å². The first-order valence-corrected chi connectivity index (χ1v) is 14.3. The number of carbonyl (C=O) groups is 2. The van der Waals surface area contributed by atoms with Crippen molar-refractivity contribution < 1.29 is 24.2 Å². The van der Waals surface area contributed by atoms with Gasteiger partial charge >= 0.3 is 5.97 Å². The quantitative estimate of drug-likeness (QED) is 0.343. The van der Waals surface area contributed by atoms with E-state index in [2.05, 4.69) is 6.07 Å². The highest BCUT2D eigenvalue weighted by Gasteiger charge is 2.67. The van der Waals surface area contributed by atoms with E-state index in [0.717, 1.165) is 0 Å². The summed E-state index contributed by atoms with van der Waals surface area (Å²) >= 11 is 19.1. The van der Waals surface area contributed by atoms with Gasteiger partial charge in [-0.15, -0.1) is 0 Å². The number of benzene rings is 3. The lowest BCUT2D eigenvalue weighted by Gasteiger charge is -2.40. The molecule has 3 aromatic rings. The Morgan fingerprint density at radius 1 is 1.00 bits per heavy atom. The Balaban J connectivity index is 1.89. The molecule has 42 heavy (non-hydrogen) atoms. The molecule has 0 aliphatic carbocycles. The summed E-state index contributed by atoms with van der Waals surface area (Å²) in [6, 6.07) is 18.9. The van der Waals surface area contributed by atoms with Crippen LogP contribution < -0.4 is 5.73 Å². The van der Waals surface area contributed by atoms with Crippen LogP contribution in [0.5, 0.6) is 0 Å². The summed E-state index contributed by atoms with van der Waals surface area (Å²) in [5.74, 6) is -4.17. The van der Waals surface area contributed by atoms with Crippen molar-refractivity contribution in [1.29, 1.82) is 5.26 Å². The van der Waals surface area contributed by atoms with Gasteiger partial charge in [-0.05, 0) is 66.9 Å². The average molecular weight is 629 g/mol. The third kappa shape index (κ3) is 5.26. The first-order chi connectivity index (χ1) is 19.9. The maximum atomic E-state index is 13.4. The van der Waals surface area contributed by atoms with Gasteiger partial charge in [0.25, 0.3) is 0 Å². The topological polar surface area (TPSA) is 126 Å². The lowest BCUT2D eigenvalue weighted by Crippen LogP contribution is -2.57. The maximum Gasteiger partial charge on any atom is 0.321 e. The minimum absolute atomic E-state index is 0.0198. The molecule has 0 bridgehead atoms. The number of halogens is 3. The zero-order chi connectivity index (χ0) is 30.4. The number of rotatable bonds is 7. The molecule has 6 atom stereocenters. The van der Waals surface area contributed by atoms with Crippen LogP contribution in [-0.2, 0) is 24.5 Å². The summed E-state index contributed by atoms with van der Waals surface area (Å²) in [5, 5.41) is 23.4. The van der Waals surface area contributed by atoms with Crippen LogP contribution in [0.3, 0.4) is 0 Å². The number of carboxylic acid groups (broad SMARTS) is 1.